The van der Waals surface area contributed by atoms with Gasteiger partial charge in [0.25, 0.3) is 10.0 Å². The van der Waals surface area contributed by atoms with Gasteiger partial charge in [-0.2, -0.15) is 9.23 Å². The Morgan fingerprint density at radius 2 is 1.72 bits per heavy atom. The van der Waals surface area contributed by atoms with E-state index in [1.54, 1.807) is 24.3 Å². The number of carbonyl (C=O) groups excluding carboxylic acids is 1. The Balaban J connectivity index is 1.97. The lowest BCUT2D eigenvalue weighted by atomic mass is 10.2. The maximum Gasteiger partial charge on any atom is 0.271 e. The van der Waals surface area contributed by atoms with Gasteiger partial charge in [0, 0.05) is 12.6 Å². The zero-order valence-corrected chi connectivity index (χ0v) is 15.9. The molecular formula is C19H14N6O3S. The van der Waals surface area contributed by atoms with Crippen molar-refractivity contribution in [3.8, 4) is 6.07 Å². The molecule has 1 amide bonds. The number of hydrogen-bond donors (Lipinski definition) is 2. The highest BCUT2D eigenvalue weighted by Crippen LogP contribution is 2.31. The number of nitrogens with one attached hydrogen (secondary N) is 1. The van der Waals surface area contributed by atoms with Gasteiger partial charge in [0.1, 0.15) is 23.0 Å². The van der Waals surface area contributed by atoms with E-state index in [1.165, 1.54) is 31.2 Å². The molecule has 0 fully saturated rings. The Labute approximate surface area is 165 Å². The first kappa shape index (κ1) is 18.4. The summed E-state index contributed by atoms with van der Waals surface area (Å²) in [5.74, 6) is -0.536. The summed E-state index contributed by atoms with van der Waals surface area (Å²) >= 11 is 0. The second-order valence-corrected chi connectivity index (χ2v) is 8.02. The molecule has 29 heavy (non-hydrogen) atoms. The Bertz CT molecular complexity index is 1430. The van der Waals surface area contributed by atoms with Crippen molar-refractivity contribution in [2.45, 2.75) is 11.8 Å². The fraction of sp³-hybridized carbons (Fsp3) is 0.0526. The van der Waals surface area contributed by atoms with E-state index in [-0.39, 0.29) is 33.3 Å². The average molecular weight is 406 g/mol. The predicted molar refractivity (Wildman–Crippen MR) is 107 cm³/mol. The van der Waals surface area contributed by atoms with Crippen molar-refractivity contribution in [1.82, 2.24) is 13.9 Å². The molecule has 0 unspecified atom stereocenters. The van der Waals surface area contributed by atoms with Crippen molar-refractivity contribution in [3.05, 3.63) is 54.1 Å². The zero-order chi connectivity index (χ0) is 20.8. The summed E-state index contributed by atoms with van der Waals surface area (Å²) in [6.45, 7) is 1.35. The predicted octanol–water partition coefficient (Wildman–Crippen LogP) is 2.23. The summed E-state index contributed by atoms with van der Waals surface area (Å²) in [6.07, 6.45) is 0. The molecule has 2 aromatic carbocycles. The highest BCUT2D eigenvalue weighted by atomic mass is 32.2. The molecule has 0 aliphatic rings. The molecule has 144 valence electrons. The van der Waals surface area contributed by atoms with Gasteiger partial charge in [-0.05, 0) is 36.4 Å². The zero-order valence-electron chi connectivity index (χ0n) is 15.1. The van der Waals surface area contributed by atoms with Crippen LogP contribution in [0, 0.1) is 11.3 Å². The molecule has 2 heterocycles. The Morgan fingerprint density at radius 3 is 2.31 bits per heavy atom. The van der Waals surface area contributed by atoms with Crippen LogP contribution < -0.4 is 11.1 Å². The highest BCUT2D eigenvalue weighted by Gasteiger charge is 2.28. The lowest BCUT2D eigenvalue weighted by Gasteiger charge is -2.10. The largest absolute Gasteiger partial charge is 0.383 e. The fourth-order valence-corrected chi connectivity index (χ4v) is 4.41. The van der Waals surface area contributed by atoms with Crippen LogP contribution in [0.4, 0.5) is 11.5 Å². The lowest BCUT2D eigenvalue weighted by molar-refractivity contribution is -0.114. The number of nitrogen functional groups attached to an aromatic ring is 1. The molecule has 4 rings (SSSR count). The van der Waals surface area contributed by atoms with E-state index in [4.69, 9.17) is 5.73 Å². The van der Waals surface area contributed by atoms with E-state index in [2.05, 4.69) is 15.3 Å². The van der Waals surface area contributed by atoms with Crippen molar-refractivity contribution < 1.29 is 13.2 Å². The van der Waals surface area contributed by atoms with E-state index in [9.17, 15) is 18.5 Å². The molecule has 2 aromatic heterocycles. The van der Waals surface area contributed by atoms with Crippen LogP contribution in [-0.4, -0.2) is 28.3 Å². The van der Waals surface area contributed by atoms with E-state index in [1.807, 2.05) is 6.07 Å². The number of aromatic nitrogens is 3. The topological polar surface area (TPSA) is 144 Å². The minimum Gasteiger partial charge on any atom is -0.383 e. The maximum atomic E-state index is 13.3. The number of para-hydroxylation sites is 2. The molecule has 10 heteroatoms. The van der Waals surface area contributed by atoms with Crippen LogP contribution in [-0.2, 0) is 14.8 Å². The van der Waals surface area contributed by atoms with Crippen LogP contribution >= 0.6 is 0 Å². The molecule has 0 spiro atoms. The second-order valence-electron chi connectivity index (χ2n) is 6.23. The smallest absolute Gasteiger partial charge is 0.271 e. The van der Waals surface area contributed by atoms with Crippen LogP contribution in [0.15, 0.2) is 53.4 Å². The van der Waals surface area contributed by atoms with Crippen LogP contribution in [0.5, 0.6) is 0 Å². The summed E-state index contributed by atoms with van der Waals surface area (Å²) in [7, 11) is -4.17. The Hall–Kier alpha value is -3.97. The van der Waals surface area contributed by atoms with Gasteiger partial charge in [0.05, 0.1) is 15.9 Å². The number of fused-ring (bicyclic) bond motifs is 2. The maximum absolute atomic E-state index is 13.3. The first-order valence-corrected chi connectivity index (χ1v) is 9.87. The van der Waals surface area contributed by atoms with Crippen LogP contribution in [0.25, 0.3) is 22.2 Å². The fourth-order valence-electron chi connectivity index (χ4n) is 3.01. The summed E-state index contributed by atoms with van der Waals surface area (Å²) in [4.78, 5) is 19.9. The highest BCUT2D eigenvalue weighted by molar-refractivity contribution is 7.90. The number of nitrogens with zero attached hydrogens (tertiary/aromatic N) is 4. The van der Waals surface area contributed by atoms with E-state index in [0.29, 0.717) is 16.7 Å². The number of rotatable bonds is 3. The Morgan fingerprint density at radius 1 is 1.10 bits per heavy atom. The van der Waals surface area contributed by atoms with Gasteiger partial charge in [0.2, 0.25) is 5.91 Å². The summed E-state index contributed by atoms with van der Waals surface area (Å²) < 4.78 is 27.4. The third-order valence-corrected chi connectivity index (χ3v) is 6.00. The molecule has 0 saturated heterocycles. The molecule has 4 aromatic rings. The molecule has 0 radical (unpaired) electrons. The van der Waals surface area contributed by atoms with Gasteiger partial charge in [-0.1, -0.05) is 12.1 Å². The van der Waals surface area contributed by atoms with Gasteiger partial charge in [-0.15, -0.1) is 0 Å². The number of anilines is 2. The number of nitrogens with two attached hydrogens (primary N) is 1. The molecule has 0 bridgehead atoms. The van der Waals surface area contributed by atoms with Gasteiger partial charge >= 0.3 is 0 Å². The third-order valence-electron chi connectivity index (χ3n) is 4.28. The van der Waals surface area contributed by atoms with Gasteiger partial charge in [-0.25, -0.2) is 18.4 Å². The first-order chi connectivity index (χ1) is 13.8. The number of carbonyl (C=O) groups is 1. The van der Waals surface area contributed by atoms with E-state index >= 15 is 0 Å². The number of nitriles is 1. The quantitative estimate of drug-likeness (QED) is 0.531. The molecule has 3 N–H and O–H groups in total. The summed E-state index contributed by atoms with van der Waals surface area (Å²) in [5, 5.41) is 12.1. The number of hydrogen-bond acceptors (Lipinski definition) is 7. The molecular weight excluding hydrogens is 392 g/mol. The Kier molecular flexibility index (Phi) is 4.17. The van der Waals surface area contributed by atoms with Crippen molar-refractivity contribution >= 4 is 49.6 Å². The van der Waals surface area contributed by atoms with Gasteiger partial charge < -0.3 is 11.1 Å². The minimum atomic E-state index is -4.17. The SMILES string of the molecule is CC(=O)Nc1ccc(S(=O)(=O)n2c(N)c(C#N)c3nc4ccccc4nc32)cc1. The molecule has 0 saturated carbocycles. The van der Waals surface area contributed by atoms with Crippen LogP contribution in [0.1, 0.15) is 12.5 Å². The van der Waals surface area contributed by atoms with Crippen molar-refractivity contribution in [2.75, 3.05) is 11.1 Å². The third kappa shape index (κ3) is 2.94. The summed E-state index contributed by atoms with van der Waals surface area (Å²) in [5.41, 5.74) is 7.50. The second kappa shape index (κ2) is 6.57. The standard InChI is InChI=1S/C19H14N6O3S/c1-11(26)22-12-6-8-13(9-7-12)29(27,28)25-18(21)14(10-20)17-19(25)24-16-5-3-2-4-15(16)23-17/h2-9H,21H2,1H3,(H,22,26). The van der Waals surface area contributed by atoms with E-state index in [0.717, 1.165) is 3.97 Å². The monoisotopic (exact) mass is 406 g/mol. The molecule has 0 atom stereocenters. The first-order valence-electron chi connectivity index (χ1n) is 8.43. The van der Waals surface area contributed by atoms with Crippen molar-refractivity contribution in [1.29, 1.82) is 5.26 Å². The number of benzene rings is 2. The van der Waals surface area contributed by atoms with Crippen LogP contribution in [0.3, 0.4) is 0 Å². The number of amides is 1. The van der Waals surface area contributed by atoms with Gasteiger partial charge in [-0.3, -0.25) is 4.79 Å². The molecule has 9 nitrogen and oxygen atoms in total. The van der Waals surface area contributed by atoms with Crippen molar-refractivity contribution in [3.63, 3.8) is 0 Å². The lowest BCUT2D eigenvalue weighted by Crippen LogP contribution is -2.16. The summed E-state index contributed by atoms with van der Waals surface area (Å²) in [6, 6.07) is 14.4. The van der Waals surface area contributed by atoms with E-state index < -0.39 is 10.0 Å². The molecule has 0 aliphatic carbocycles. The van der Waals surface area contributed by atoms with Gasteiger partial charge in [0.15, 0.2) is 5.65 Å². The normalized spacial score (nSPS) is 11.4. The van der Waals surface area contributed by atoms with Crippen LogP contribution in [0.2, 0.25) is 0 Å². The van der Waals surface area contributed by atoms with Crippen molar-refractivity contribution in [2.24, 2.45) is 0 Å². The minimum absolute atomic E-state index is 0.0244. The molecule has 0 aliphatic heterocycles. The average Bonchev–Trinajstić information content (AvgIpc) is 2.96.